The third-order valence-electron chi connectivity index (χ3n) is 4.95. The van der Waals surface area contributed by atoms with Crippen LogP contribution in [0.1, 0.15) is 32.6 Å². The Morgan fingerprint density at radius 1 is 1.18 bits per heavy atom. The van der Waals surface area contributed by atoms with E-state index >= 15 is 0 Å². The van der Waals surface area contributed by atoms with Gasteiger partial charge in [0.25, 0.3) is 0 Å². The standard InChI is InChI=1S/C20H27N3O4S/c1-2-27-20(26)21-15-6-5-11-22(14-15)18(24)9-10-19(25)23-12-13-28-17-8-4-3-7-16(17)23/h3-4,7-8,15H,2,5-6,9-14H2,1H3,(H,21,26). The van der Waals surface area contributed by atoms with Gasteiger partial charge in [0.15, 0.2) is 0 Å². The van der Waals surface area contributed by atoms with E-state index < -0.39 is 6.09 Å². The number of nitrogens with zero attached hydrogens (tertiary/aromatic N) is 2. The summed E-state index contributed by atoms with van der Waals surface area (Å²) in [7, 11) is 0. The normalized spacial score (nSPS) is 19.0. The van der Waals surface area contributed by atoms with Crippen LogP contribution in [0, 0.1) is 0 Å². The van der Waals surface area contributed by atoms with Crippen molar-refractivity contribution in [3.63, 3.8) is 0 Å². The summed E-state index contributed by atoms with van der Waals surface area (Å²) in [5.41, 5.74) is 0.938. The number of piperidine rings is 1. The van der Waals surface area contributed by atoms with Gasteiger partial charge in [-0.2, -0.15) is 0 Å². The molecule has 1 aromatic rings. The van der Waals surface area contributed by atoms with Crippen LogP contribution in [0.25, 0.3) is 0 Å². The molecule has 28 heavy (non-hydrogen) atoms. The van der Waals surface area contributed by atoms with Crippen molar-refractivity contribution in [2.75, 3.05) is 36.9 Å². The predicted octanol–water partition coefficient (Wildman–Crippen LogP) is 2.64. The Balaban J connectivity index is 1.50. The van der Waals surface area contributed by atoms with Crippen LogP contribution in [0.2, 0.25) is 0 Å². The van der Waals surface area contributed by atoms with Gasteiger partial charge >= 0.3 is 6.09 Å². The molecule has 1 unspecified atom stereocenters. The van der Waals surface area contributed by atoms with Gasteiger partial charge in [-0.3, -0.25) is 9.59 Å². The molecule has 3 amide bonds. The minimum absolute atomic E-state index is 0.0145. The third-order valence-corrected chi connectivity index (χ3v) is 6.00. The van der Waals surface area contributed by atoms with E-state index in [0.29, 0.717) is 26.2 Å². The smallest absolute Gasteiger partial charge is 0.407 e. The fraction of sp³-hybridized carbons (Fsp3) is 0.550. The molecule has 1 saturated heterocycles. The summed E-state index contributed by atoms with van der Waals surface area (Å²) in [6.07, 6.45) is 1.59. The van der Waals surface area contributed by atoms with E-state index in [9.17, 15) is 14.4 Å². The molecule has 2 aliphatic rings. The van der Waals surface area contributed by atoms with Crippen molar-refractivity contribution in [3.8, 4) is 0 Å². The summed E-state index contributed by atoms with van der Waals surface area (Å²) in [5.74, 6) is 0.812. The molecule has 0 aromatic heterocycles. The van der Waals surface area contributed by atoms with Crippen molar-refractivity contribution in [1.82, 2.24) is 10.2 Å². The highest BCUT2D eigenvalue weighted by Gasteiger charge is 2.27. The van der Waals surface area contributed by atoms with Gasteiger partial charge in [0.05, 0.1) is 12.3 Å². The van der Waals surface area contributed by atoms with Crippen molar-refractivity contribution in [1.29, 1.82) is 0 Å². The van der Waals surface area contributed by atoms with E-state index in [-0.39, 0.29) is 30.7 Å². The van der Waals surface area contributed by atoms with Crippen LogP contribution in [-0.4, -0.2) is 60.8 Å². The highest BCUT2D eigenvalue weighted by atomic mass is 32.2. The number of para-hydroxylation sites is 1. The van der Waals surface area contributed by atoms with Crippen LogP contribution in [-0.2, 0) is 14.3 Å². The molecule has 1 aromatic carbocycles. The predicted molar refractivity (Wildman–Crippen MR) is 109 cm³/mol. The van der Waals surface area contributed by atoms with Crippen molar-refractivity contribution >= 4 is 35.4 Å². The van der Waals surface area contributed by atoms with Gasteiger partial charge in [-0.05, 0) is 31.9 Å². The highest BCUT2D eigenvalue weighted by molar-refractivity contribution is 7.99. The van der Waals surface area contributed by atoms with Crippen LogP contribution >= 0.6 is 11.8 Å². The Morgan fingerprint density at radius 3 is 2.79 bits per heavy atom. The monoisotopic (exact) mass is 405 g/mol. The molecule has 1 fully saturated rings. The van der Waals surface area contributed by atoms with Crippen LogP contribution < -0.4 is 10.2 Å². The molecular weight excluding hydrogens is 378 g/mol. The second kappa shape index (κ2) is 9.82. The van der Waals surface area contributed by atoms with Crippen LogP contribution in [0.15, 0.2) is 29.2 Å². The number of benzene rings is 1. The Morgan fingerprint density at radius 2 is 1.96 bits per heavy atom. The first-order valence-corrected chi connectivity index (χ1v) is 10.8. The lowest BCUT2D eigenvalue weighted by molar-refractivity contribution is -0.134. The van der Waals surface area contributed by atoms with Gasteiger partial charge in [-0.25, -0.2) is 4.79 Å². The van der Waals surface area contributed by atoms with Gasteiger partial charge < -0.3 is 19.9 Å². The Hall–Kier alpha value is -2.22. The molecule has 0 spiro atoms. The fourth-order valence-corrected chi connectivity index (χ4v) is 4.59. The number of carbonyl (C=O) groups is 3. The summed E-state index contributed by atoms with van der Waals surface area (Å²) < 4.78 is 4.91. The van der Waals surface area contributed by atoms with Crippen molar-refractivity contribution in [2.45, 2.75) is 43.5 Å². The number of hydrogen-bond donors (Lipinski definition) is 1. The van der Waals surface area contributed by atoms with Gasteiger partial charge in [-0.1, -0.05) is 12.1 Å². The molecule has 0 saturated carbocycles. The van der Waals surface area contributed by atoms with Crippen molar-refractivity contribution in [2.24, 2.45) is 0 Å². The number of rotatable bonds is 5. The molecule has 3 rings (SSSR count). The summed E-state index contributed by atoms with van der Waals surface area (Å²) in [6.45, 7) is 3.88. The first-order valence-electron chi connectivity index (χ1n) is 9.81. The average Bonchev–Trinajstić information content (AvgIpc) is 2.71. The largest absolute Gasteiger partial charge is 0.450 e. The summed E-state index contributed by atoms with van der Waals surface area (Å²) >= 11 is 1.75. The van der Waals surface area contributed by atoms with Crippen molar-refractivity contribution < 1.29 is 19.1 Å². The molecule has 2 heterocycles. The van der Waals surface area contributed by atoms with E-state index in [0.717, 1.165) is 29.2 Å². The number of fused-ring (bicyclic) bond motifs is 1. The van der Waals surface area contributed by atoms with Gasteiger partial charge in [-0.15, -0.1) is 11.8 Å². The first kappa shape index (κ1) is 20.5. The third kappa shape index (κ3) is 5.19. The molecular formula is C20H27N3O4S. The molecule has 1 atom stereocenters. The first-order chi connectivity index (χ1) is 13.6. The Bertz CT molecular complexity index is 727. The van der Waals surface area contributed by atoms with E-state index in [1.54, 1.807) is 28.5 Å². The number of anilines is 1. The zero-order valence-corrected chi connectivity index (χ0v) is 17.0. The highest BCUT2D eigenvalue weighted by Crippen LogP contribution is 2.34. The summed E-state index contributed by atoms with van der Waals surface area (Å²) in [6, 6.07) is 7.78. The van der Waals surface area contributed by atoms with Crippen LogP contribution in [0.3, 0.4) is 0 Å². The van der Waals surface area contributed by atoms with E-state index in [1.807, 2.05) is 24.3 Å². The molecule has 0 bridgehead atoms. The Labute approximate surface area is 169 Å². The van der Waals surface area contributed by atoms with Crippen molar-refractivity contribution in [3.05, 3.63) is 24.3 Å². The quantitative estimate of drug-likeness (QED) is 0.815. The maximum absolute atomic E-state index is 12.7. The molecule has 152 valence electrons. The van der Waals surface area contributed by atoms with Crippen LogP contribution in [0.4, 0.5) is 10.5 Å². The number of ether oxygens (including phenoxy) is 1. The SMILES string of the molecule is CCOC(=O)NC1CCCN(C(=O)CCC(=O)N2CCSc3ccccc32)C1. The van der Waals surface area contributed by atoms with E-state index in [4.69, 9.17) is 4.74 Å². The lowest BCUT2D eigenvalue weighted by Gasteiger charge is -2.33. The number of alkyl carbamates (subject to hydrolysis) is 1. The average molecular weight is 406 g/mol. The summed E-state index contributed by atoms with van der Waals surface area (Å²) in [5, 5.41) is 2.80. The van der Waals surface area contributed by atoms with Crippen LogP contribution in [0.5, 0.6) is 0 Å². The number of hydrogen-bond acceptors (Lipinski definition) is 5. The minimum Gasteiger partial charge on any atom is -0.450 e. The number of carbonyl (C=O) groups excluding carboxylic acids is 3. The van der Waals surface area contributed by atoms with Gasteiger partial charge in [0.2, 0.25) is 11.8 Å². The molecule has 1 N–H and O–H groups in total. The maximum atomic E-state index is 12.7. The lowest BCUT2D eigenvalue weighted by Crippen LogP contribution is -2.49. The molecule has 0 aliphatic carbocycles. The van der Waals surface area contributed by atoms with E-state index in [2.05, 4.69) is 5.32 Å². The lowest BCUT2D eigenvalue weighted by atomic mass is 10.1. The fourth-order valence-electron chi connectivity index (χ4n) is 3.60. The zero-order chi connectivity index (χ0) is 19.9. The number of thioether (sulfide) groups is 1. The topological polar surface area (TPSA) is 79.0 Å². The maximum Gasteiger partial charge on any atom is 0.407 e. The molecule has 2 aliphatic heterocycles. The zero-order valence-electron chi connectivity index (χ0n) is 16.2. The number of likely N-dealkylation sites (tertiary alicyclic amines) is 1. The second-order valence-electron chi connectivity index (χ2n) is 6.91. The van der Waals surface area contributed by atoms with E-state index in [1.165, 1.54) is 0 Å². The van der Waals surface area contributed by atoms with Gasteiger partial charge in [0, 0.05) is 49.2 Å². The molecule has 7 nitrogen and oxygen atoms in total. The molecule has 8 heteroatoms. The summed E-state index contributed by atoms with van der Waals surface area (Å²) in [4.78, 5) is 41.5. The number of amides is 3. The second-order valence-corrected chi connectivity index (χ2v) is 8.04. The number of nitrogens with one attached hydrogen (secondary N) is 1. The minimum atomic E-state index is -0.446. The Kier molecular flexibility index (Phi) is 7.19. The molecule has 0 radical (unpaired) electrons. The van der Waals surface area contributed by atoms with Gasteiger partial charge in [0.1, 0.15) is 0 Å².